The first-order valence-corrected chi connectivity index (χ1v) is 4.68. The Hall–Kier alpha value is -0.510. The SMILES string of the molecule is CCCN(C)C1=NC(=O)CS1. The summed E-state index contributed by atoms with van der Waals surface area (Å²) in [5.41, 5.74) is 0. The number of thioether (sulfide) groups is 1. The van der Waals surface area contributed by atoms with Gasteiger partial charge in [-0.2, -0.15) is 4.99 Å². The molecule has 0 aromatic carbocycles. The average Bonchev–Trinajstić information content (AvgIpc) is 2.36. The van der Waals surface area contributed by atoms with Gasteiger partial charge in [-0.25, -0.2) is 0 Å². The number of hydrogen-bond acceptors (Lipinski definition) is 3. The zero-order valence-electron chi connectivity index (χ0n) is 6.83. The van der Waals surface area contributed by atoms with E-state index in [2.05, 4.69) is 11.9 Å². The first-order valence-electron chi connectivity index (χ1n) is 3.69. The summed E-state index contributed by atoms with van der Waals surface area (Å²) >= 11 is 1.52. The number of amidine groups is 1. The number of hydrogen-bond donors (Lipinski definition) is 0. The normalized spacial score (nSPS) is 16.9. The van der Waals surface area contributed by atoms with Crippen molar-refractivity contribution in [1.29, 1.82) is 0 Å². The molecular formula is C7H12N2OS. The zero-order valence-corrected chi connectivity index (χ0v) is 7.65. The first-order chi connectivity index (χ1) is 5.24. The van der Waals surface area contributed by atoms with Gasteiger partial charge < -0.3 is 4.90 Å². The van der Waals surface area contributed by atoms with Crippen molar-refractivity contribution in [2.75, 3.05) is 19.3 Å². The van der Waals surface area contributed by atoms with Crippen LogP contribution in [-0.4, -0.2) is 35.3 Å². The van der Waals surface area contributed by atoms with Crippen LogP contribution >= 0.6 is 11.8 Å². The van der Waals surface area contributed by atoms with Crippen LogP contribution < -0.4 is 0 Å². The number of amides is 1. The largest absolute Gasteiger partial charge is 0.354 e. The van der Waals surface area contributed by atoms with Crippen molar-refractivity contribution in [2.45, 2.75) is 13.3 Å². The van der Waals surface area contributed by atoms with Crippen molar-refractivity contribution in [3.63, 3.8) is 0 Å². The maximum atomic E-state index is 10.7. The molecule has 1 heterocycles. The summed E-state index contributed by atoms with van der Waals surface area (Å²) in [6, 6.07) is 0. The Morgan fingerprint density at radius 1 is 1.73 bits per heavy atom. The molecule has 0 bridgehead atoms. The molecule has 0 saturated heterocycles. The fourth-order valence-electron chi connectivity index (χ4n) is 0.924. The minimum absolute atomic E-state index is 0.00652. The third-order valence-corrected chi connectivity index (χ3v) is 2.48. The van der Waals surface area contributed by atoms with Crippen LogP contribution in [0.4, 0.5) is 0 Å². The number of carbonyl (C=O) groups is 1. The molecule has 0 aromatic rings. The van der Waals surface area contributed by atoms with Crippen LogP contribution in [0.2, 0.25) is 0 Å². The molecule has 0 radical (unpaired) electrons. The molecule has 0 saturated carbocycles. The summed E-state index contributed by atoms with van der Waals surface area (Å²) in [5.74, 6) is 0.511. The van der Waals surface area contributed by atoms with E-state index in [-0.39, 0.29) is 5.91 Å². The minimum Gasteiger partial charge on any atom is -0.354 e. The Balaban J connectivity index is 2.47. The fourth-order valence-corrected chi connectivity index (χ4v) is 1.72. The molecular weight excluding hydrogens is 160 g/mol. The molecule has 0 aliphatic carbocycles. The van der Waals surface area contributed by atoms with E-state index in [1.807, 2.05) is 11.9 Å². The van der Waals surface area contributed by atoms with E-state index in [0.717, 1.165) is 18.1 Å². The van der Waals surface area contributed by atoms with Crippen molar-refractivity contribution in [2.24, 2.45) is 4.99 Å². The molecule has 0 unspecified atom stereocenters. The van der Waals surface area contributed by atoms with E-state index >= 15 is 0 Å². The summed E-state index contributed by atoms with van der Waals surface area (Å²) in [5, 5.41) is 0.872. The summed E-state index contributed by atoms with van der Waals surface area (Å²) in [4.78, 5) is 16.6. The summed E-state index contributed by atoms with van der Waals surface area (Å²) in [6.07, 6.45) is 1.09. The van der Waals surface area contributed by atoms with Gasteiger partial charge in [0.2, 0.25) is 0 Å². The predicted molar refractivity (Wildman–Crippen MR) is 47.8 cm³/mol. The smallest absolute Gasteiger partial charge is 0.258 e. The second kappa shape index (κ2) is 3.76. The van der Waals surface area contributed by atoms with Crippen LogP contribution in [0, 0.1) is 0 Å². The van der Waals surface area contributed by atoms with E-state index in [1.165, 1.54) is 11.8 Å². The van der Waals surface area contributed by atoms with Crippen LogP contribution in [0.1, 0.15) is 13.3 Å². The Bertz CT molecular complexity index is 191. The molecule has 3 nitrogen and oxygen atoms in total. The molecule has 0 aromatic heterocycles. The highest BCUT2D eigenvalue weighted by atomic mass is 32.2. The van der Waals surface area contributed by atoms with Gasteiger partial charge >= 0.3 is 0 Å². The van der Waals surface area contributed by atoms with Crippen LogP contribution in [0.25, 0.3) is 0 Å². The molecule has 0 atom stereocenters. The minimum atomic E-state index is -0.00652. The summed E-state index contributed by atoms with van der Waals surface area (Å²) < 4.78 is 0. The maximum Gasteiger partial charge on any atom is 0.258 e. The Kier molecular flexibility index (Phi) is 2.93. The van der Waals surface area contributed by atoms with E-state index in [1.54, 1.807) is 0 Å². The lowest BCUT2D eigenvalue weighted by Gasteiger charge is -2.15. The van der Waals surface area contributed by atoms with Crippen LogP contribution in [-0.2, 0) is 4.79 Å². The Labute approximate surface area is 70.9 Å². The highest BCUT2D eigenvalue weighted by molar-refractivity contribution is 8.14. The Morgan fingerprint density at radius 2 is 2.45 bits per heavy atom. The molecule has 0 N–H and O–H groups in total. The van der Waals surface area contributed by atoms with Crippen LogP contribution in [0.5, 0.6) is 0 Å². The van der Waals surface area contributed by atoms with Gasteiger partial charge in [0.1, 0.15) is 0 Å². The highest BCUT2D eigenvalue weighted by Gasteiger charge is 2.17. The highest BCUT2D eigenvalue weighted by Crippen LogP contribution is 2.15. The Morgan fingerprint density at radius 3 is 2.91 bits per heavy atom. The van der Waals surface area contributed by atoms with Crippen molar-refractivity contribution >= 4 is 22.8 Å². The quantitative estimate of drug-likeness (QED) is 0.622. The lowest BCUT2D eigenvalue weighted by Crippen LogP contribution is -2.23. The molecule has 0 spiro atoms. The van der Waals surface area contributed by atoms with Gasteiger partial charge in [-0.15, -0.1) is 0 Å². The summed E-state index contributed by atoms with van der Waals surface area (Å²) in [7, 11) is 1.97. The van der Waals surface area contributed by atoms with Crippen LogP contribution in [0.3, 0.4) is 0 Å². The molecule has 1 aliphatic rings. The molecule has 1 amide bonds. The van der Waals surface area contributed by atoms with E-state index < -0.39 is 0 Å². The van der Waals surface area contributed by atoms with Crippen molar-refractivity contribution in [1.82, 2.24) is 4.90 Å². The number of nitrogens with zero attached hydrogens (tertiary/aromatic N) is 2. The van der Waals surface area contributed by atoms with Gasteiger partial charge in [0.25, 0.3) is 5.91 Å². The standard InChI is InChI=1S/C7H12N2OS/c1-3-4-9(2)7-8-6(10)5-11-7/h3-5H2,1-2H3. The second-order valence-corrected chi connectivity index (χ2v) is 3.44. The zero-order chi connectivity index (χ0) is 8.27. The number of carbonyl (C=O) groups excluding carboxylic acids is 1. The van der Waals surface area contributed by atoms with E-state index in [4.69, 9.17) is 0 Å². The fraction of sp³-hybridized carbons (Fsp3) is 0.714. The predicted octanol–water partition coefficient (Wildman–Crippen LogP) is 0.958. The second-order valence-electron chi connectivity index (χ2n) is 2.50. The molecule has 1 rings (SSSR count). The number of aliphatic imine (C=N–C) groups is 1. The lowest BCUT2D eigenvalue weighted by atomic mass is 10.5. The summed E-state index contributed by atoms with van der Waals surface area (Å²) in [6.45, 7) is 3.08. The van der Waals surface area contributed by atoms with E-state index in [0.29, 0.717) is 5.75 Å². The van der Waals surface area contributed by atoms with Gasteiger partial charge in [-0.3, -0.25) is 4.79 Å². The first kappa shape index (κ1) is 8.59. The van der Waals surface area contributed by atoms with Gasteiger partial charge in [-0.05, 0) is 6.42 Å². The van der Waals surface area contributed by atoms with Gasteiger partial charge in [0, 0.05) is 13.6 Å². The lowest BCUT2D eigenvalue weighted by molar-refractivity contribution is -0.115. The third kappa shape index (κ3) is 2.22. The van der Waals surface area contributed by atoms with Crippen molar-refractivity contribution < 1.29 is 4.79 Å². The van der Waals surface area contributed by atoms with Crippen molar-refractivity contribution in [3.05, 3.63) is 0 Å². The molecule has 62 valence electrons. The molecule has 1 aliphatic heterocycles. The molecule has 11 heavy (non-hydrogen) atoms. The average molecular weight is 172 g/mol. The number of rotatable bonds is 2. The van der Waals surface area contributed by atoms with Crippen molar-refractivity contribution in [3.8, 4) is 0 Å². The van der Waals surface area contributed by atoms with Gasteiger partial charge in [0.05, 0.1) is 5.75 Å². The third-order valence-electron chi connectivity index (χ3n) is 1.43. The molecule has 4 heteroatoms. The van der Waals surface area contributed by atoms with Crippen LogP contribution in [0.15, 0.2) is 4.99 Å². The van der Waals surface area contributed by atoms with Gasteiger partial charge in [-0.1, -0.05) is 18.7 Å². The van der Waals surface area contributed by atoms with E-state index in [9.17, 15) is 4.79 Å². The maximum absolute atomic E-state index is 10.7. The van der Waals surface area contributed by atoms with Gasteiger partial charge in [0.15, 0.2) is 5.17 Å². The molecule has 0 fully saturated rings. The topological polar surface area (TPSA) is 32.7 Å². The monoisotopic (exact) mass is 172 g/mol.